The molecule has 1 amide bonds. The Labute approximate surface area is 230 Å². The Balaban J connectivity index is 1.40. The van der Waals surface area contributed by atoms with Gasteiger partial charge in [0.2, 0.25) is 6.79 Å². The highest BCUT2D eigenvalue weighted by molar-refractivity contribution is 8.26. The van der Waals surface area contributed by atoms with Crippen molar-refractivity contribution in [3.8, 4) is 11.5 Å². The third-order valence-electron chi connectivity index (χ3n) is 7.36. The van der Waals surface area contributed by atoms with E-state index in [1.54, 1.807) is 21.6 Å². The van der Waals surface area contributed by atoms with Crippen LogP contribution in [-0.2, 0) is 11.3 Å². The van der Waals surface area contributed by atoms with Crippen LogP contribution in [0.15, 0.2) is 46.2 Å². The molecule has 1 atom stereocenters. The van der Waals surface area contributed by atoms with Crippen LogP contribution in [0.3, 0.4) is 0 Å². The Hall–Kier alpha value is -3.37. The second-order valence-corrected chi connectivity index (χ2v) is 11.4. The minimum atomic E-state index is -0.219. The fraction of sp³-hybridized carbons (Fsp3) is 0.357. The summed E-state index contributed by atoms with van der Waals surface area (Å²) in [6, 6.07) is 9.71. The highest BCUT2D eigenvalue weighted by atomic mass is 32.2. The summed E-state index contributed by atoms with van der Waals surface area (Å²) in [6.07, 6.45) is 7.65. The number of anilines is 1. The number of piperidine rings is 1. The second-order valence-electron chi connectivity index (χ2n) is 9.75. The zero-order chi connectivity index (χ0) is 26.4. The van der Waals surface area contributed by atoms with Crippen LogP contribution in [0.25, 0.3) is 11.7 Å². The molecule has 0 aliphatic carbocycles. The lowest BCUT2D eigenvalue weighted by molar-refractivity contribution is -0.122. The van der Waals surface area contributed by atoms with E-state index in [0.717, 1.165) is 43.4 Å². The summed E-state index contributed by atoms with van der Waals surface area (Å²) in [4.78, 5) is 36.7. The minimum Gasteiger partial charge on any atom is -0.454 e. The summed E-state index contributed by atoms with van der Waals surface area (Å²) in [5.41, 5.74) is 2.69. The first kappa shape index (κ1) is 24.9. The number of aryl methyl sites for hydroxylation is 1. The van der Waals surface area contributed by atoms with Gasteiger partial charge in [0.15, 0.2) is 11.5 Å². The summed E-state index contributed by atoms with van der Waals surface area (Å²) < 4.78 is 12.9. The van der Waals surface area contributed by atoms with Crippen molar-refractivity contribution in [1.29, 1.82) is 0 Å². The van der Waals surface area contributed by atoms with Crippen molar-refractivity contribution < 1.29 is 14.3 Å². The van der Waals surface area contributed by atoms with Gasteiger partial charge in [0.05, 0.1) is 17.0 Å². The zero-order valence-corrected chi connectivity index (χ0v) is 22.9. The van der Waals surface area contributed by atoms with Crippen molar-refractivity contribution in [2.75, 3.05) is 18.2 Å². The number of pyridine rings is 1. The van der Waals surface area contributed by atoms with Gasteiger partial charge < -0.3 is 14.4 Å². The van der Waals surface area contributed by atoms with Crippen LogP contribution in [0.2, 0.25) is 0 Å². The van der Waals surface area contributed by atoms with E-state index in [1.807, 2.05) is 37.3 Å². The van der Waals surface area contributed by atoms with Gasteiger partial charge in [0, 0.05) is 18.8 Å². The molecule has 0 saturated carbocycles. The molecule has 196 valence electrons. The van der Waals surface area contributed by atoms with Gasteiger partial charge in [-0.15, -0.1) is 0 Å². The van der Waals surface area contributed by atoms with Crippen LogP contribution < -0.4 is 19.9 Å². The fourth-order valence-corrected chi connectivity index (χ4v) is 6.58. The van der Waals surface area contributed by atoms with Gasteiger partial charge in [-0.1, -0.05) is 43.0 Å². The molecule has 5 heterocycles. The minimum absolute atomic E-state index is 0.185. The summed E-state index contributed by atoms with van der Waals surface area (Å²) in [7, 11) is 0. The summed E-state index contributed by atoms with van der Waals surface area (Å²) in [5.74, 6) is 1.78. The Morgan fingerprint density at radius 1 is 1.18 bits per heavy atom. The molecule has 0 radical (unpaired) electrons. The summed E-state index contributed by atoms with van der Waals surface area (Å²) in [6.45, 7) is 5.46. The highest BCUT2D eigenvalue weighted by Crippen LogP contribution is 2.37. The number of hydrogen-bond acceptors (Lipinski definition) is 8. The molecular formula is C28H28N4O4S2. The maximum Gasteiger partial charge on any atom is 0.267 e. The highest BCUT2D eigenvalue weighted by Gasteiger charge is 2.34. The molecule has 2 aromatic heterocycles. The van der Waals surface area contributed by atoms with E-state index in [4.69, 9.17) is 26.7 Å². The number of aromatic nitrogens is 2. The predicted octanol–water partition coefficient (Wildman–Crippen LogP) is 4.90. The Bertz CT molecular complexity index is 1550. The van der Waals surface area contributed by atoms with Crippen molar-refractivity contribution in [3.05, 3.63) is 68.5 Å². The van der Waals surface area contributed by atoms with E-state index in [-0.39, 0.29) is 18.3 Å². The lowest BCUT2D eigenvalue weighted by Gasteiger charge is -2.37. The van der Waals surface area contributed by atoms with Gasteiger partial charge in [-0.05, 0) is 68.0 Å². The SMILES string of the molecule is CCC1CCCCN1c1nc2c(C)cccn2c(=O)c1/C=C1/SC(=S)N(Cc2ccc3c(c2)OCO3)C1=O. The van der Waals surface area contributed by atoms with E-state index in [0.29, 0.717) is 50.3 Å². The Morgan fingerprint density at radius 3 is 2.87 bits per heavy atom. The zero-order valence-electron chi connectivity index (χ0n) is 21.3. The molecule has 0 spiro atoms. The molecule has 3 aromatic rings. The van der Waals surface area contributed by atoms with E-state index < -0.39 is 0 Å². The molecule has 38 heavy (non-hydrogen) atoms. The first-order valence-electron chi connectivity index (χ1n) is 12.9. The van der Waals surface area contributed by atoms with Gasteiger partial charge in [-0.3, -0.25) is 18.9 Å². The molecule has 0 bridgehead atoms. The quantitative estimate of drug-likeness (QED) is 0.329. The Kier molecular flexibility index (Phi) is 6.61. The largest absolute Gasteiger partial charge is 0.454 e. The number of benzene rings is 1. The molecule has 8 nitrogen and oxygen atoms in total. The maximum absolute atomic E-state index is 13.9. The number of fused-ring (bicyclic) bond motifs is 2. The Morgan fingerprint density at radius 2 is 2.03 bits per heavy atom. The number of amides is 1. The molecule has 2 fully saturated rings. The number of thioether (sulfide) groups is 1. The third kappa shape index (κ3) is 4.35. The predicted molar refractivity (Wildman–Crippen MR) is 153 cm³/mol. The van der Waals surface area contributed by atoms with Crippen LogP contribution in [0.1, 0.15) is 49.3 Å². The molecule has 1 unspecified atom stereocenters. The van der Waals surface area contributed by atoms with Gasteiger partial charge in [0.25, 0.3) is 11.5 Å². The van der Waals surface area contributed by atoms with E-state index >= 15 is 0 Å². The number of nitrogens with zero attached hydrogens (tertiary/aromatic N) is 4. The first-order valence-corrected chi connectivity index (χ1v) is 14.1. The van der Waals surface area contributed by atoms with Gasteiger partial charge in [-0.2, -0.15) is 0 Å². The van der Waals surface area contributed by atoms with Crippen molar-refractivity contribution in [2.24, 2.45) is 0 Å². The molecule has 2 saturated heterocycles. The van der Waals surface area contributed by atoms with Crippen molar-refractivity contribution >= 4 is 51.7 Å². The molecule has 10 heteroatoms. The number of thiocarbonyl (C=S) groups is 1. The number of carbonyl (C=O) groups is 1. The van der Waals surface area contributed by atoms with Crippen LogP contribution in [0, 0.1) is 6.92 Å². The van der Waals surface area contributed by atoms with Gasteiger partial charge in [-0.25, -0.2) is 4.98 Å². The van der Waals surface area contributed by atoms with Crippen LogP contribution in [0.5, 0.6) is 11.5 Å². The van der Waals surface area contributed by atoms with E-state index in [9.17, 15) is 9.59 Å². The lowest BCUT2D eigenvalue weighted by atomic mass is 9.99. The molecule has 3 aliphatic rings. The summed E-state index contributed by atoms with van der Waals surface area (Å²) in [5, 5.41) is 0. The number of hydrogen-bond donors (Lipinski definition) is 0. The first-order chi connectivity index (χ1) is 18.4. The van der Waals surface area contributed by atoms with Crippen molar-refractivity contribution in [2.45, 2.75) is 52.1 Å². The lowest BCUT2D eigenvalue weighted by Crippen LogP contribution is -2.41. The van der Waals surface area contributed by atoms with E-state index in [1.165, 1.54) is 11.8 Å². The monoisotopic (exact) mass is 548 g/mol. The topological polar surface area (TPSA) is 76.4 Å². The number of carbonyl (C=O) groups excluding carboxylic acids is 1. The molecule has 1 aromatic carbocycles. The molecular weight excluding hydrogens is 520 g/mol. The van der Waals surface area contributed by atoms with Gasteiger partial charge >= 0.3 is 0 Å². The number of ether oxygens (including phenoxy) is 2. The average Bonchev–Trinajstić information content (AvgIpc) is 3.50. The maximum atomic E-state index is 13.9. The molecule has 6 rings (SSSR count). The van der Waals surface area contributed by atoms with Crippen LogP contribution >= 0.6 is 24.0 Å². The molecule has 3 aliphatic heterocycles. The fourth-order valence-electron chi connectivity index (χ4n) is 5.34. The van der Waals surface area contributed by atoms with Crippen LogP contribution in [0.4, 0.5) is 5.82 Å². The third-order valence-corrected chi connectivity index (χ3v) is 8.74. The summed E-state index contributed by atoms with van der Waals surface area (Å²) >= 11 is 6.81. The average molecular weight is 549 g/mol. The van der Waals surface area contributed by atoms with E-state index in [2.05, 4.69) is 11.8 Å². The number of rotatable bonds is 5. The normalized spacial score (nSPS) is 20.3. The van der Waals surface area contributed by atoms with Crippen LogP contribution in [-0.4, -0.2) is 43.9 Å². The standard InChI is InChI=1S/C28H28N4O4S2/c1-3-19-8-4-5-11-30(19)25-20(26(33)31-12-6-7-17(2)24(31)29-25)14-23-27(34)32(28(37)38-23)15-18-9-10-21-22(13-18)36-16-35-21/h6-7,9-10,12-14,19H,3-5,8,11,15-16H2,1-2H3/b23-14+. The van der Waals surface area contributed by atoms with Crippen molar-refractivity contribution in [1.82, 2.24) is 14.3 Å². The smallest absolute Gasteiger partial charge is 0.267 e. The van der Waals surface area contributed by atoms with Gasteiger partial charge in [0.1, 0.15) is 15.8 Å². The van der Waals surface area contributed by atoms with Crippen molar-refractivity contribution in [3.63, 3.8) is 0 Å². The second kappa shape index (κ2) is 10.1. The molecule has 0 N–H and O–H groups in total.